The maximum Gasteiger partial charge on any atom is 0.0237 e. The van der Waals surface area contributed by atoms with Crippen molar-refractivity contribution >= 4 is 31.4 Å². The summed E-state index contributed by atoms with van der Waals surface area (Å²) in [6.45, 7) is 0. The second-order valence-corrected chi connectivity index (χ2v) is 11.9. The van der Waals surface area contributed by atoms with Gasteiger partial charge in [-0.3, -0.25) is 0 Å². The van der Waals surface area contributed by atoms with Crippen LogP contribution in [-0.2, 0) is 0 Å². The van der Waals surface area contributed by atoms with Crippen LogP contribution in [0.1, 0.15) is 32.1 Å². The molecule has 1 nitrogen and oxygen atoms in total. The van der Waals surface area contributed by atoms with E-state index in [4.69, 9.17) is 0 Å². The fourth-order valence-corrected chi connectivity index (χ4v) is 5.38. The van der Waals surface area contributed by atoms with Gasteiger partial charge < -0.3 is 0 Å². The molecule has 0 aromatic heterocycles. The van der Waals surface area contributed by atoms with E-state index in [2.05, 4.69) is 32.2 Å². The molecular weight excluding hydrogens is 241 g/mol. The molecule has 0 radical (unpaired) electrons. The Balaban J connectivity index is 2.14. The third-order valence-corrected chi connectivity index (χ3v) is 6.41. The van der Waals surface area contributed by atoms with Crippen molar-refractivity contribution in [1.29, 1.82) is 0 Å². The van der Waals surface area contributed by atoms with Crippen LogP contribution >= 0.6 is 31.4 Å². The summed E-state index contributed by atoms with van der Waals surface area (Å²) in [4.78, 5) is 0. The average molecular weight is 267 g/mol. The van der Waals surface area contributed by atoms with Gasteiger partial charge in [0.15, 0.2) is 0 Å². The molecule has 0 bridgehead atoms. The molecule has 0 aliphatic heterocycles. The standard InChI is InChI=1S/C11H26NPS2/c1-15(2,3)10-9-14-12(13)11-7-5-4-6-8-11/h11H,4-10,13H2,1-3H3. The van der Waals surface area contributed by atoms with E-state index in [0.29, 0.717) is 0 Å². The highest BCUT2D eigenvalue weighted by Crippen LogP contribution is 2.37. The summed E-state index contributed by atoms with van der Waals surface area (Å²) >= 11 is 2.03. The van der Waals surface area contributed by atoms with Crippen molar-refractivity contribution in [2.75, 3.05) is 30.3 Å². The first kappa shape index (κ1) is 14.2. The molecule has 1 saturated carbocycles. The summed E-state index contributed by atoms with van der Waals surface area (Å²) in [6, 6.07) is 0.823. The zero-order valence-electron chi connectivity index (χ0n) is 10.4. The Morgan fingerprint density at radius 1 is 1.20 bits per heavy atom. The molecule has 0 spiro atoms. The Hall–Kier alpha value is 1.09. The van der Waals surface area contributed by atoms with Crippen LogP contribution in [0.3, 0.4) is 0 Å². The van der Waals surface area contributed by atoms with Crippen LogP contribution in [-0.4, -0.2) is 40.4 Å². The summed E-state index contributed by atoms with van der Waals surface area (Å²) in [5.41, 5.74) is 0. The van der Waals surface area contributed by atoms with Gasteiger partial charge in [-0.1, -0.05) is 40.6 Å². The fourth-order valence-electron chi connectivity index (χ4n) is 1.83. The van der Waals surface area contributed by atoms with Gasteiger partial charge in [-0.15, -0.1) is 0 Å². The van der Waals surface area contributed by atoms with Crippen LogP contribution in [0, 0.1) is 0 Å². The van der Waals surface area contributed by atoms with Crippen LogP contribution in [0.5, 0.6) is 0 Å². The predicted octanol–water partition coefficient (Wildman–Crippen LogP) is 3.75. The molecule has 1 aliphatic rings. The SMILES string of the molecule is CS(C)(C)CCSN(P)C1CCCCC1. The van der Waals surface area contributed by atoms with Crippen molar-refractivity contribution < 1.29 is 0 Å². The minimum absolute atomic E-state index is 0.307. The number of hydrogen-bond donors (Lipinski definition) is 0. The second-order valence-electron chi connectivity index (χ2n) is 5.28. The smallest absolute Gasteiger partial charge is 0.0237 e. The molecule has 4 heteroatoms. The first-order valence-electron chi connectivity index (χ1n) is 5.82. The van der Waals surface area contributed by atoms with Crippen molar-refractivity contribution in [3.63, 3.8) is 0 Å². The molecule has 1 rings (SSSR count). The Labute approximate surface area is 104 Å². The van der Waals surface area contributed by atoms with Crippen LogP contribution in [0.15, 0.2) is 0 Å². The highest BCUT2D eigenvalue weighted by atomic mass is 32.3. The van der Waals surface area contributed by atoms with E-state index in [9.17, 15) is 0 Å². The highest BCUT2D eigenvalue weighted by Gasteiger charge is 2.18. The van der Waals surface area contributed by atoms with Crippen molar-refractivity contribution in [2.24, 2.45) is 0 Å². The van der Waals surface area contributed by atoms with E-state index in [1.165, 1.54) is 43.6 Å². The molecule has 1 aliphatic carbocycles. The first-order chi connectivity index (χ1) is 6.99. The van der Waals surface area contributed by atoms with Gasteiger partial charge in [0, 0.05) is 11.8 Å². The molecule has 0 N–H and O–H groups in total. The summed E-state index contributed by atoms with van der Waals surface area (Å²) in [5, 5.41) is 0. The molecule has 0 aromatic carbocycles. The zero-order valence-corrected chi connectivity index (χ0v) is 13.2. The van der Waals surface area contributed by atoms with E-state index in [0.717, 1.165) is 6.04 Å². The fraction of sp³-hybridized carbons (Fsp3) is 1.00. The zero-order chi connectivity index (χ0) is 11.3. The monoisotopic (exact) mass is 267 g/mol. The van der Waals surface area contributed by atoms with Crippen LogP contribution in [0.2, 0.25) is 0 Å². The van der Waals surface area contributed by atoms with E-state index in [-0.39, 0.29) is 10.0 Å². The van der Waals surface area contributed by atoms with Gasteiger partial charge in [-0.25, -0.2) is 14.1 Å². The second kappa shape index (κ2) is 6.74. The predicted molar refractivity (Wildman–Crippen MR) is 81.1 cm³/mol. The van der Waals surface area contributed by atoms with Gasteiger partial charge in [0.2, 0.25) is 0 Å². The minimum Gasteiger partial charge on any atom is -0.249 e. The molecule has 1 fully saturated rings. The Morgan fingerprint density at radius 3 is 2.33 bits per heavy atom. The first-order valence-corrected chi connectivity index (χ1v) is 10.3. The molecular formula is C11H26NPS2. The van der Waals surface area contributed by atoms with Crippen LogP contribution < -0.4 is 0 Å². The van der Waals surface area contributed by atoms with Crippen molar-refractivity contribution in [1.82, 2.24) is 4.08 Å². The summed E-state index contributed by atoms with van der Waals surface area (Å²) in [5.74, 6) is 2.67. The molecule has 1 atom stereocenters. The van der Waals surface area contributed by atoms with Gasteiger partial charge in [0.25, 0.3) is 0 Å². The largest absolute Gasteiger partial charge is 0.249 e. The van der Waals surface area contributed by atoms with Crippen LogP contribution in [0.4, 0.5) is 0 Å². The van der Waals surface area contributed by atoms with Crippen LogP contribution in [0.25, 0.3) is 0 Å². The Bertz CT molecular complexity index is 176. The van der Waals surface area contributed by atoms with Gasteiger partial charge in [-0.2, -0.15) is 0 Å². The summed E-state index contributed by atoms with van der Waals surface area (Å²) in [6.07, 6.45) is 14.3. The molecule has 0 amide bonds. The Morgan fingerprint density at radius 2 is 1.80 bits per heavy atom. The van der Waals surface area contributed by atoms with Crippen molar-refractivity contribution in [3.8, 4) is 0 Å². The number of hydrogen-bond acceptors (Lipinski definition) is 2. The quantitative estimate of drug-likeness (QED) is 0.551. The number of rotatable bonds is 5. The van der Waals surface area contributed by atoms with E-state index >= 15 is 0 Å². The molecule has 92 valence electrons. The van der Waals surface area contributed by atoms with E-state index < -0.39 is 0 Å². The number of nitrogens with zero attached hydrogens (tertiary/aromatic N) is 1. The van der Waals surface area contributed by atoms with E-state index in [1.54, 1.807) is 0 Å². The lowest BCUT2D eigenvalue weighted by Crippen LogP contribution is -2.24. The Kier molecular flexibility index (Phi) is 6.35. The maximum atomic E-state index is 2.92. The summed E-state index contributed by atoms with van der Waals surface area (Å²) in [7, 11) is 2.62. The van der Waals surface area contributed by atoms with Crippen molar-refractivity contribution in [3.05, 3.63) is 0 Å². The molecule has 1 unspecified atom stereocenters. The highest BCUT2D eigenvalue weighted by molar-refractivity contribution is 8.32. The van der Waals surface area contributed by atoms with Gasteiger partial charge in [0.05, 0.1) is 0 Å². The topological polar surface area (TPSA) is 3.24 Å². The molecule has 0 heterocycles. The lowest BCUT2D eigenvalue weighted by atomic mass is 9.96. The molecule has 15 heavy (non-hydrogen) atoms. The maximum absolute atomic E-state index is 2.92. The van der Waals surface area contributed by atoms with Gasteiger partial charge >= 0.3 is 0 Å². The van der Waals surface area contributed by atoms with Gasteiger partial charge in [0.1, 0.15) is 0 Å². The lowest BCUT2D eigenvalue weighted by Gasteiger charge is -2.31. The van der Waals surface area contributed by atoms with Gasteiger partial charge in [-0.05, 0) is 37.4 Å². The minimum atomic E-state index is -0.307. The molecule has 0 aromatic rings. The molecule has 0 saturated heterocycles. The normalized spacial score (nSPS) is 20.9. The average Bonchev–Trinajstić information content (AvgIpc) is 2.17. The summed E-state index contributed by atoms with van der Waals surface area (Å²) < 4.78 is 2.45. The third kappa shape index (κ3) is 6.41. The lowest BCUT2D eigenvalue weighted by molar-refractivity contribution is 0.362. The van der Waals surface area contributed by atoms with Crippen molar-refractivity contribution in [2.45, 2.75) is 38.1 Å². The van der Waals surface area contributed by atoms with E-state index in [1.807, 2.05) is 11.9 Å². The third-order valence-electron chi connectivity index (χ3n) is 2.87.